The summed E-state index contributed by atoms with van der Waals surface area (Å²) in [7, 11) is 0. The van der Waals surface area contributed by atoms with Crippen LogP contribution in [0, 0.1) is 5.92 Å². The molecule has 0 aromatic heterocycles. The number of hydrogen-bond acceptors (Lipinski definition) is 8. The Balaban J connectivity index is 1.28. The Morgan fingerprint density at radius 2 is 1.65 bits per heavy atom. The second kappa shape index (κ2) is 14.0. The topological polar surface area (TPSA) is 135 Å². The molecular formula is C36H41N3O7. The van der Waals surface area contributed by atoms with Crippen molar-refractivity contribution in [2.45, 2.75) is 61.9 Å². The van der Waals surface area contributed by atoms with Gasteiger partial charge in [0.2, 0.25) is 0 Å². The predicted octanol–water partition coefficient (Wildman–Crippen LogP) is 3.83. The van der Waals surface area contributed by atoms with Gasteiger partial charge in [-0.3, -0.25) is 4.79 Å². The fraction of sp³-hybridized carbons (Fsp3) is 0.417. The number of amides is 2. The molecule has 2 heterocycles. The Hall–Kier alpha value is -4.25. The Bertz CT molecular complexity index is 1520. The molecule has 2 fully saturated rings. The summed E-state index contributed by atoms with van der Waals surface area (Å²) in [6.07, 6.45) is -2.02. The minimum Gasteiger partial charge on any atom is -0.447 e. The van der Waals surface area contributed by atoms with Crippen molar-refractivity contribution in [2.75, 3.05) is 26.4 Å². The van der Waals surface area contributed by atoms with Gasteiger partial charge in [-0.15, -0.1) is 0 Å². The number of carbonyl (C=O) groups is 3. The molecule has 3 aliphatic rings. The second-order valence-corrected chi connectivity index (χ2v) is 12.3. The number of benzene rings is 3. The summed E-state index contributed by atoms with van der Waals surface area (Å²) in [6, 6.07) is 26.1. The van der Waals surface area contributed by atoms with Crippen LogP contribution in [0.25, 0.3) is 0 Å². The van der Waals surface area contributed by atoms with Crippen LogP contribution in [-0.2, 0) is 31.8 Å². The molecule has 242 valence electrons. The number of rotatable bonds is 13. The Morgan fingerprint density at radius 1 is 0.978 bits per heavy atom. The molecule has 6 rings (SSSR count). The number of aliphatic hydroxyl groups is 1. The number of Topliss-reactive ketones (excluding diaryl/α,β-unsaturated/α-hetero) is 1. The lowest BCUT2D eigenvalue weighted by atomic mass is 9.75. The van der Waals surface area contributed by atoms with E-state index in [4.69, 9.17) is 14.2 Å². The SMILES string of the molecule is CCOCCOC(=O)N[C@@H](Cc1ccccc1)[C@@H](O)C[C@]1(Cc2ccccc2)NCC([C@H]2c3ccccc3[C@H]3NC(=O)O[C@H]32)C1=O. The summed E-state index contributed by atoms with van der Waals surface area (Å²) in [5.74, 6) is -0.881. The van der Waals surface area contributed by atoms with E-state index < -0.39 is 41.9 Å². The van der Waals surface area contributed by atoms with Gasteiger partial charge in [-0.05, 0) is 42.0 Å². The molecule has 4 N–H and O–H groups in total. The molecule has 2 amide bonds. The zero-order valence-electron chi connectivity index (χ0n) is 25.9. The maximum atomic E-state index is 14.8. The van der Waals surface area contributed by atoms with Gasteiger partial charge in [0.1, 0.15) is 12.7 Å². The minimum atomic E-state index is -1.13. The molecule has 0 bridgehead atoms. The molecule has 3 aromatic carbocycles. The molecule has 0 radical (unpaired) electrons. The minimum absolute atomic E-state index is 0.0449. The van der Waals surface area contributed by atoms with Crippen LogP contribution in [0.3, 0.4) is 0 Å². The van der Waals surface area contributed by atoms with Crippen LogP contribution in [0.1, 0.15) is 47.6 Å². The van der Waals surface area contributed by atoms with Crippen LogP contribution in [0.15, 0.2) is 84.9 Å². The Kier molecular flexibility index (Phi) is 9.67. The molecule has 2 aliphatic heterocycles. The van der Waals surface area contributed by atoms with Crippen molar-refractivity contribution in [2.24, 2.45) is 5.92 Å². The number of nitrogens with one attached hydrogen (secondary N) is 3. The first kappa shape index (κ1) is 31.7. The summed E-state index contributed by atoms with van der Waals surface area (Å²) < 4.78 is 16.4. The summed E-state index contributed by atoms with van der Waals surface area (Å²) >= 11 is 0. The van der Waals surface area contributed by atoms with Gasteiger partial charge in [-0.25, -0.2) is 9.59 Å². The van der Waals surface area contributed by atoms with Crippen molar-refractivity contribution in [3.05, 3.63) is 107 Å². The van der Waals surface area contributed by atoms with Gasteiger partial charge in [-0.2, -0.15) is 0 Å². The number of carbonyl (C=O) groups excluding carboxylic acids is 3. The molecule has 1 unspecified atom stereocenters. The fourth-order valence-electron chi connectivity index (χ4n) is 7.34. The lowest BCUT2D eigenvalue weighted by Crippen LogP contribution is -2.55. The number of ketones is 1. The van der Waals surface area contributed by atoms with Crippen LogP contribution in [0.5, 0.6) is 0 Å². The summed E-state index contributed by atoms with van der Waals surface area (Å²) in [5.41, 5.74) is 2.69. The number of fused-ring (bicyclic) bond motifs is 3. The Morgan fingerprint density at radius 3 is 2.37 bits per heavy atom. The first-order chi connectivity index (χ1) is 22.4. The first-order valence-electron chi connectivity index (χ1n) is 16.0. The summed E-state index contributed by atoms with van der Waals surface area (Å²) in [5, 5.41) is 21.2. The molecule has 10 nitrogen and oxygen atoms in total. The third-order valence-corrected chi connectivity index (χ3v) is 9.43. The van der Waals surface area contributed by atoms with Crippen LogP contribution in [0.2, 0.25) is 0 Å². The maximum absolute atomic E-state index is 14.8. The standard InChI is InChI=1S/C36H41N3O7/c1-2-44-17-18-45-34(42)38-28(19-23-11-5-3-6-12-23)29(40)21-36(20-24-13-7-4-8-14-24)33(41)27(22-37-36)30-25-15-9-10-16-26(25)31-32(30)46-35(43)39-31/h3-16,27-32,37,40H,2,17-22H2,1H3,(H,38,42)(H,39,43)/t27?,28-,29-,30+,31+,32-,36-/m0/s1. The smallest absolute Gasteiger partial charge is 0.408 e. The quantitative estimate of drug-likeness (QED) is 0.210. The second-order valence-electron chi connectivity index (χ2n) is 12.3. The molecule has 0 saturated carbocycles. The van der Waals surface area contributed by atoms with Crippen molar-refractivity contribution >= 4 is 18.0 Å². The van der Waals surface area contributed by atoms with Gasteiger partial charge in [-0.1, -0.05) is 84.9 Å². The van der Waals surface area contributed by atoms with E-state index in [2.05, 4.69) is 16.0 Å². The normalized spacial score (nSPS) is 26.0. The molecule has 10 heteroatoms. The van der Waals surface area contributed by atoms with E-state index in [1.807, 2.05) is 91.9 Å². The van der Waals surface area contributed by atoms with Gasteiger partial charge in [0, 0.05) is 31.4 Å². The van der Waals surface area contributed by atoms with Crippen molar-refractivity contribution in [1.29, 1.82) is 0 Å². The number of ether oxygens (including phenoxy) is 3. The maximum Gasteiger partial charge on any atom is 0.408 e. The van der Waals surface area contributed by atoms with E-state index in [0.717, 1.165) is 22.3 Å². The van der Waals surface area contributed by atoms with E-state index in [1.54, 1.807) is 0 Å². The highest BCUT2D eigenvalue weighted by atomic mass is 16.6. The van der Waals surface area contributed by atoms with E-state index in [9.17, 15) is 19.5 Å². The number of hydrogen-bond donors (Lipinski definition) is 4. The van der Waals surface area contributed by atoms with Crippen LogP contribution in [-0.4, -0.2) is 73.2 Å². The van der Waals surface area contributed by atoms with E-state index in [-0.39, 0.29) is 37.4 Å². The van der Waals surface area contributed by atoms with E-state index in [1.165, 1.54) is 0 Å². The molecule has 46 heavy (non-hydrogen) atoms. The summed E-state index contributed by atoms with van der Waals surface area (Å²) in [6.45, 7) is 3.08. The summed E-state index contributed by atoms with van der Waals surface area (Å²) in [4.78, 5) is 39.9. The first-order valence-corrected chi connectivity index (χ1v) is 16.0. The van der Waals surface area contributed by atoms with E-state index in [0.29, 0.717) is 26.0 Å². The van der Waals surface area contributed by atoms with Crippen LogP contribution >= 0.6 is 0 Å². The van der Waals surface area contributed by atoms with Gasteiger partial charge < -0.3 is 35.3 Å². The molecule has 2 saturated heterocycles. The molecular weight excluding hydrogens is 586 g/mol. The van der Waals surface area contributed by atoms with Gasteiger partial charge >= 0.3 is 12.2 Å². The predicted molar refractivity (Wildman–Crippen MR) is 170 cm³/mol. The zero-order valence-corrected chi connectivity index (χ0v) is 25.9. The molecule has 0 spiro atoms. The fourth-order valence-corrected chi connectivity index (χ4v) is 7.34. The highest BCUT2D eigenvalue weighted by molar-refractivity contribution is 5.94. The molecule has 1 aliphatic carbocycles. The lowest BCUT2D eigenvalue weighted by molar-refractivity contribution is -0.128. The van der Waals surface area contributed by atoms with E-state index >= 15 is 0 Å². The molecule has 7 atom stereocenters. The largest absolute Gasteiger partial charge is 0.447 e. The molecule has 3 aromatic rings. The highest BCUT2D eigenvalue weighted by Crippen LogP contribution is 2.50. The number of alkyl carbamates (subject to hydrolysis) is 2. The average molecular weight is 628 g/mol. The van der Waals surface area contributed by atoms with Gasteiger partial charge in [0.15, 0.2) is 5.78 Å². The lowest BCUT2D eigenvalue weighted by Gasteiger charge is -2.34. The van der Waals surface area contributed by atoms with Gasteiger partial charge in [0.25, 0.3) is 0 Å². The Labute approximate surface area is 268 Å². The third-order valence-electron chi connectivity index (χ3n) is 9.43. The van der Waals surface area contributed by atoms with Crippen molar-refractivity contribution < 1.29 is 33.7 Å². The average Bonchev–Trinajstić information content (AvgIpc) is 3.69. The third kappa shape index (κ3) is 6.65. The zero-order chi connectivity index (χ0) is 32.1. The van der Waals surface area contributed by atoms with Crippen molar-refractivity contribution in [3.8, 4) is 0 Å². The highest BCUT2D eigenvalue weighted by Gasteiger charge is 2.58. The van der Waals surface area contributed by atoms with Crippen molar-refractivity contribution in [3.63, 3.8) is 0 Å². The monoisotopic (exact) mass is 627 g/mol. The number of aliphatic hydroxyl groups excluding tert-OH is 1. The van der Waals surface area contributed by atoms with Crippen LogP contribution in [0.4, 0.5) is 9.59 Å². The van der Waals surface area contributed by atoms with Gasteiger partial charge in [0.05, 0.1) is 30.3 Å². The van der Waals surface area contributed by atoms with Crippen LogP contribution < -0.4 is 16.0 Å². The van der Waals surface area contributed by atoms with Crippen molar-refractivity contribution in [1.82, 2.24) is 16.0 Å².